The van der Waals surface area contributed by atoms with Gasteiger partial charge in [-0.1, -0.05) is 30.7 Å². The van der Waals surface area contributed by atoms with Crippen LogP contribution in [0.3, 0.4) is 0 Å². The molecule has 0 amide bonds. The number of hydrogen-bond donors (Lipinski definition) is 1. The third-order valence-electron chi connectivity index (χ3n) is 2.80. The average Bonchev–Trinajstić information content (AvgIpc) is 2.31. The highest BCUT2D eigenvalue weighted by molar-refractivity contribution is 9.10. The van der Waals surface area contributed by atoms with Crippen molar-refractivity contribution in [1.82, 2.24) is 10.2 Å². The second-order valence-corrected chi connectivity index (χ2v) is 5.58. The topological polar surface area (TPSA) is 15.3 Å². The molecule has 1 aromatic carbocycles. The van der Waals surface area contributed by atoms with Crippen molar-refractivity contribution in [1.29, 1.82) is 0 Å². The summed E-state index contributed by atoms with van der Waals surface area (Å²) in [6.45, 7) is 7.28. The number of rotatable bonds is 6. The molecule has 0 aliphatic heterocycles. The first kappa shape index (κ1) is 15.0. The van der Waals surface area contributed by atoms with E-state index in [0.29, 0.717) is 6.04 Å². The molecule has 0 spiro atoms. The van der Waals surface area contributed by atoms with Gasteiger partial charge < -0.3 is 10.2 Å². The van der Waals surface area contributed by atoms with Gasteiger partial charge in [0.05, 0.1) is 5.02 Å². The van der Waals surface area contributed by atoms with Crippen LogP contribution in [-0.2, 0) is 6.54 Å². The third-order valence-corrected chi connectivity index (χ3v) is 4.13. The summed E-state index contributed by atoms with van der Waals surface area (Å²) in [7, 11) is 2.13. The summed E-state index contributed by atoms with van der Waals surface area (Å²) in [5, 5.41) is 4.29. The van der Waals surface area contributed by atoms with Crippen LogP contribution in [0.2, 0.25) is 5.02 Å². The molecule has 0 aliphatic rings. The lowest BCUT2D eigenvalue weighted by Crippen LogP contribution is -2.36. The summed E-state index contributed by atoms with van der Waals surface area (Å²) in [5.41, 5.74) is 1.13. The summed E-state index contributed by atoms with van der Waals surface area (Å²) >= 11 is 9.65. The van der Waals surface area contributed by atoms with E-state index in [1.165, 1.54) is 0 Å². The predicted molar refractivity (Wildman–Crippen MR) is 78.6 cm³/mol. The first-order valence-corrected chi connectivity index (χ1v) is 7.06. The summed E-state index contributed by atoms with van der Waals surface area (Å²) in [6.07, 6.45) is 0. The number of nitrogens with zero attached hydrogens (tertiary/aromatic N) is 1. The number of halogens is 2. The molecule has 0 heterocycles. The monoisotopic (exact) mass is 318 g/mol. The predicted octanol–water partition coefficient (Wildman–Crippen LogP) is 3.53. The van der Waals surface area contributed by atoms with E-state index in [4.69, 9.17) is 11.6 Å². The number of benzene rings is 1. The van der Waals surface area contributed by atoms with Crippen molar-refractivity contribution in [3.05, 3.63) is 33.3 Å². The zero-order valence-corrected chi connectivity index (χ0v) is 13.0. The Morgan fingerprint density at radius 2 is 2.18 bits per heavy atom. The summed E-state index contributed by atoms with van der Waals surface area (Å²) in [6, 6.07) is 6.47. The molecule has 1 aromatic rings. The Bertz CT molecular complexity index is 357. The van der Waals surface area contributed by atoms with Gasteiger partial charge in [0, 0.05) is 23.6 Å². The number of likely N-dealkylation sites (N-methyl/N-ethyl adjacent to an activating group) is 1. The first-order valence-electron chi connectivity index (χ1n) is 5.89. The van der Waals surface area contributed by atoms with Gasteiger partial charge in [-0.25, -0.2) is 0 Å². The van der Waals surface area contributed by atoms with Gasteiger partial charge in [-0.15, -0.1) is 0 Å². The zero-order valence-electron chi connectivity index (χ0n) is 10.6. The van der Waals surface area contributed by atoms with Gasteiger partial charge in [0.15, 0.2) is 0 Å². The van der Waals surface area contributed by atoms with E-state index >= 15 is 0 Å². The molecule has 4 heteroatoms. The van der Waals surface area contributed by atoms with Crippen molar-refractivity contribution in [3.8, 4) is 0 Å². The second kappa shape index (κ2) is 7.37. The fourth-order valence-corrected chi connectivity index (χ4v) is 2.23. The Labute approximate surface area is 117 Å². The minimum Gasteiger partial charge on any atom is -0.309 e. The SMILES string of the molecule is CCN(C)CC(C)NCc1cccc(Br)c1Cl. The van der Waals surface area contributed by atoms with Gasteiger partial charge >= 0.3 is 0 Å². The maximum Gasteiger partial charge on any atom is 0.0592 e. The number of hydrogen-bond acceptors (Lipinski definition) is 2. The lowest BCUT2D eigenvalue weighted by Gasteiger charge is -2.21. The van der Waals surface area contributed by atoms with Crippen LogP contribution >= 0.6 is 27.5 Å². The summed E-state index contributed by atoms with van der Waals surface area (Å²) in [5.74, 6) is 0. The molecule has 1 unspecified atom stereocenters. The molecule has 0 aromatic heterocycles. The molecule has 0 bridgehead atoms. The largest absolute Gasteiger partial charge is 0.309 e. The Hall–Kier alpha value is -0.0900. The average molecular weight is 320 g/mol. The molecule has 0 aliphatic carbocycles. The van der Waals surface area contributed by atoms with Crippen LogP contribution in [0.5, 0.6) is 0 Å². The van der Waals surface area contributed by atoms with Crippen molar-refractivity contribution in [3.63, 3.8) is 0 Å². The standard InChI is InChI=1S/C13H20BrClN2/c1-4-17(3)9-10(2)16-8-11-6-5-7-12(14)13(11)15/h5-7,10,16H,4,8-9H2,1-3H3. The highest BCUT2D eigenvalue weighted by Crippen LogP contribution is 2.25. The highest BCUT2D eigenvalue weighted by Gasteiger charge is 2.07. The Kier molecular flexibility index (Phi) is 6.49. The lowest BCUT2D eigenvalue weighted by atomic mass is 10.2. The fraction of sp³-hybridized carbons (Fsp3) is 0.538. The van der Waals surface area contributed by atoms with Gasteiger partial charge in [0.25, 0.3) is 0 Å². The molecule has 1 rings (SSSR count). The van der Waals surface area contributed by atoms with Crippen LogP contribution in [-0.4, -0.2) is 31.1 Å². The molecule has 0 saturated carbocycles. The number of nitrogens with one attached hydrogen (secondary N) is 1. The summed E-state index contributed by atoms with van der Waals surface area (Å²) in [4.78, 5) is 2.29. The Morgan fingerprint density at radius 1 is 1.47 bits per heavy atom. The normalized spacial score (nSPS) is 13.1. The molecular formula is C13H20BrClN2. The van der Waals surface area contributed by atoms with Crippen LogP contribution in [0.25, 0.3) is 0 Å². The van der Waals surface area contributed by atoms with Crippen molar-refractivity contribution in [2.24, 2.45) is 0 Å². The van der Waals surface area contributed by atoms with Gasteiger partial charge in [0.2, 0.25) is 0 Å². The van der Waals surface area contributed by atoms with E-state index in [2.05, 4.69) is 53.1 Å². The molecule has 17 heavy (non-hydrogen) atoms. The highest BCUT2D eigenvalue weighted by atomic mass is 79.9. The maximum atomic E-state index is 6.21. The molecule has 1 atom stereocenters. The maximum absolute atomic E-state index is 6.21. The van der Waals surface area contributed by atoms with Crippen LogP contribution in [0.1, 0.15) is 19.4 Å². The molecular weight excluding hydrogens is 300 g/mol. The second-order valence-electron chi connectivity index (χ2n) is 4.35. The van der Waals surface area contributed by atoms with Crippen LogP contribution in [0, 0.1) is 0 Å². The van der Waals surface area contributed by atoms with Crippen molar-refractivity contribution >= 4 is 27.5 Å². The van der Waals surface area contributed by atoms with Crippen LogP contribution < -0.4 is 5.32 Å². The van der Waals surface area contributed by atoms with E-state index in [9.17, 15) is 0 Å². The fourth-order valence-electron chi connectivity index (χ4n) is 1.63. The summed E-state index contributed by atoms with van der Waals surface area (Å²) < 4.78 is 0.955. The van der Waals surface area contributed by atoms with E-state index in [1.54, 1.807) is 0 Å². The van der Waals surface area contributed by atoms with E-state index in [0.717, 1.165) is 34.7 Å². The van der Waals surface area contributed by atoms with Crippen LogP contribution in [0.4, 0.5) is 0 Å². The van der Waals surface area contributed by atoms with Crippen molar-refractivity contribution < 1.29 is 0 Å². The van der Waals surface area contributed by atoms with Gasteiger partial charge in [0.1, 0.15) is 0 Å². The molecule has 2 nitrogen and oxygen atoms in total. The Balaban J connectivity index is 2.47. The van der Waals surface area contributed by atoms with Crippen LogP contribution in [0.15, 0.2) is 22.7 Å². The molecule has 96 valence electrons. The Morgan fingerprint density at radius 3 is 2.82 bits per heavy atom. The smallest absolute Gasteiger partial charge is 0.0592 e. The van der Waals surface area contributed by atoms with Crippen molar-refractivity contribution in [2.45, 2.75) is 26.4 Å². The zero-order chi connectivity index (χ0) is 12.8. The minimum absolute atomic E-state index is 0.454. The van der Waals surface area contributed by atoms with E-state index in [-0.39, 0.29) is 0 Å². The van der Waals surface area contributed by atoms with Gasteiger partial charge in [-0.05, 0) is 48.1 Å². The molecule has 0 saturated heterocycles. The molecule has 1 N–H and O–H groups in total. The minimum atomic E-state index is 0.454. The van der Waals surface area contributed by atoms with Gasteiger partial charge in [-0.3, -0.25) is 0 Å². The molecule has 0 radical (unpaired) electrons. The van der Waals surface area contributed by atoms with Gasteiger partial charge in [-0.2, -0.15) is 0 Å². The van der Waals surface area contributed by atoms with E-state index in [1.807, 2.05) is 12.1 Å². The van der Waals surface area contributed by atoms with E-state index < -0.39 is 0 Å². The van der Waals surface area contributed by atoms with Crippen molar-refractivity contribution in [2.75, 3.05) is 20.1 Å². The quantitative estimate of drug-likeness (QED) is 0.863. The third kappa shape index (κ3) is 4.96. The molecule has 0 fully saturated rings. The lowest BCUT2D eigenvalue weighted by molar-refractivity contribution is 0.309. The first-order chi connectivity index (χ1) is 8.04.